The van der Waals surface area contributed by atoms with E-state index >= 15 is 0 Å². The molecule has 0 saturated carbocycles. The molecule has 0 bridgehead atoms. The number of esters is 1. The first-order valence-electron chi connectivity index (χ1n) is 12.4. The third kappa shape index (κ3) is 7.89. The molecule has 3 rings (SSSR count). The largest absolute Gasteiger partial charge is 0.490 e. The van der Waals surface area contributed by atoms with Crippen molar-refractivity contribution in [3.63, 3.8) is 0 Å². The van der Waals surface area contributed by atoms with Gasteiger partial charge >= 0.3 is 17.7 Å². The number of allylic oxidation sites excluding steroid dienone is 1. The summed E-state index contributed by atoms with van der Waals surface area (Å²) in [6.45, 7) is 3.26. The number of nitro groups is 1. The van der Waals surface area contributed by atoms with Crippen LogP contribution in [0, 0.1) is 22.5 Å². The highest BCUT2D eigenvalue weighted by Gasteiger charge is 2.32. The number of hydrogen-bond acceptors (Lipinski definition) is 11. The van der Waals surface area contributed by atoms with E-state index in [-0.39, 0.29) is 42.6 Å². The van der Waals surface area contributed by atoms with Gasteiger partial charge in [-0.3, -0.25) is 15.5 Å². The Labute approximate surface area is 249 Å². The fourth-order valence-corrected chi connectivity index (χ4v) is 4.47. The van der Waals surface area contributed by atoms with Crippen molar-refractivity contribution in [2.45, 2.75) is 26.1 Å². The zero-order valence-corrected chi connectivity index (χ0v) is 24.4. The zero-order valence-electron chi connectivity index (χ0n) is 22.8. The summed E-state index contributed by atoms with van der Waals surface area (Å²) in [4.78, 5) is 35.3. The topological polar surface area (TPSA) is 183 Å². The van der Waals surface area contributed by atoms with Crippen molar-refractivity contribution in [3.8, 4) is 29.6 Å². The summed E-state index contributed by atoms with van der Waals surface area (Å²) >= 11 is 3.23. The first kappa shape index (κ1) is 31.7. The van der Waals surface area contributed by atoms with Crippen LogP contribution in [0.3, 0.4) is 0 Å². The van der Waals surface area contributed by atoms with Gasteiger partial charge in [0.2, 0.25) is 5.75 Å². The molecule has 4 N–H and O–H groups in total. The van der Waals surface area contributed by atoms with Crippen LogP contribution in [0.5, 0.6) is 17.2 Å². The summed E-state index contributed by atoms with van der Waals surface area (Å²) < 4.78 is 21.8. The van der Waals surface area contributed by atoms with Crippen LogP contribution in [0.15, 0.2) is 51.2 Å². The number of carbonyl (C=O) groups is 2. The highest BCUT2D eigenvalue weighted by Crippen LogP contribution is 2.36. The van der Waals surface area contributed by atoms with Crippen LogP contribution >= 0.6 is 15.9 Å². The quantitative estimate of drug-likeness (QED) is 0.0631. The second kappa shape index (κ2) is 14.7. The van der Waals surface area contributed by atoms with Gasteiger partial charge in [-0.1, -0.05) is 12.0 Å². The molecule has 0 unspecified atom stereocenters. The molecule has 42 heavy (non-hydrogen) atoms. The number of hydrazone groups is 1. The Hall–Kier alpha value is -4.81. The summed E-state index contributed by atoms with van der Waals surface area (Å²) in [7, 11) is 1.25. The Morgan fingerprint density at radius 1 is 1.31 bits per heavy atom. The molecular formula is C27H28BrN5O9. The monoisotopic (exact) mass is 645 g/mol. The number of terminal acetylenes is 1. The minimum atomic E-state index is -1.27. The summed E-state index contributed by atoms with van der Waals surface area (Å²) in [5.41, 5.74) is 3.64. The van der Waals surface area contributed by atoms with Crippen LogP contribution in [-0.4, -0.2) is 61.4 Å². The van der Waals surface area contributed by atoms with Crippen LogP contribution in [0.4, 0.5) is 10.5 Å². The number of aliphatic hydroxyl groups is 1. The molecule has 2 aromatic rings. The third-order valence-electron chi connectivity index (χ3n) is 5.65. The standard InChI is InChI=1S/C27H28BrN5O9/c1-5-9-41-25-18(28)10-16(11-19(25)33(37)38)13-29-32-22(34)14-42-20-8-7-17(12-21(20)40-6-2)24-23(26(35)39-4)15(3)30-27(36)31-24/h1,7-8,10-13,22,24,32,34H,6,9,14H2,2-4H3,(H2,30,31,36)/b29-13+/t22-,24-/m1/s1. The van der Waals surface area contributed by atoms with Crippen molar-refractivity contribution < 1.29 is 38.6 Å². The van der Waals surface area contributed by atoms with Gasteiger partial charge in [-0.15, -0.1) is 6.42 Å². The predicted molar refractivity (Wildman–Crippen MR) is 154 cm³/mol. The smallest absolute Gasteiger partial charge is 0.337 e. The number of nitro benzene ring substituents is 1. The molecule has 2 aromatic carbocycles. The van der Waals surface area contributed by atoms with E-state index in [9.17, 15) is 24.8 Å². The number of nitrogens with zero attached hydrogens (tertiary/aromatic N) is 2. The van der Waals surface area contributed by atoms with Crippen molar-refractivity contribution >= 4 is 39.8 Å². The second-order valence-corrected chi connectivity index (χ2v) is 9.37. The molecule has 2 amide bonds. The van der Waals surface area contributed by atoms with E-state index in [1.54, 1.807) is 32.0 Å². The zero-order chi connectivity index (χ0) is 30.8. The van der Waals surface area contributed by atoms with Crippen molar-refractivity contribution in [3.05, 3.63) is 67.3 Å². The Morgan fingerprint density at radius 2 is 2.07 bits per heavy atom. The maximum Gasteiger partial charge on any atom is 0.337 e. The number of ether oxygens (including phenoxy) is 4. The molecule has 222 valence electrons. The molecule has 14 nitrogen and oxygen atoms in total. The number of carbonyl (C=O) groups excluding carboxylic acids is 2. The number of rotatable bonds is 13. The molecule has 0 saturated heterocycles. The number of nitrogens with one attached hydrogen (secondary N) is 3. The number of methoxy groups -OCH3 is 1. The molecule has 0 spiro atoms. The van der Waals surface area contributed by atoms with Crippen molar-refractivity contribution in [2.24, 2.45) is 5.10 Å². The highest BCUT2D eigenvalue weighted by atomic mass is 79.9. The molecule has 2 atom stereocenters. The Morgan fingerprint density at radius 3 is 2.74 bits per heavy atom. The fraction of sp³-hybridized carbons (Fsp3) is 0.296. The minimum Gasteiger partial charge on any atom is -0.490 e. The SMILES string of the molecule is C#CCOc1c(Br)cc(/C=N/N[C@H](O)COc2ccc([C@H]3NC(=O)NC(C)=C3C(=O)OC)cc2OCC)cc1[N+](=O)[O-]. The average molecular weight is 646 g/mol. The van der Waals surface area contributed by atoms with E-state index < -0.39 is 29.2 Å². The number of aliphatic hydroxyl groups excluding tert-OH is 1. The van der Waals surface area contributed by atoms with E-state index in [4.69, 9.17) is 25.4 Å². The van der Waals surface area contributed by atoms with Crippen LogP contribution in [0.2, 0.25) is 0 Å². The van der Waals surface area contributed by atoms with Crippen molar-refractivity contribution in [2.75, 3.05) is 26.9 Å². The molecule has 15 heteroatoms. The van der Waals surface area contributed by atoms with Gasteiger partial charge in [0.05, 0.1) is 40.9 Å². The maximum atomic E-state index is 12.4. The van der Waals surface area contributed by atoms with Crippen LogP contribution in [0.1, 0.15) is 31.0 Å². The molecule has 0 fully saturated rings. The minimum absolute atomic E-state index is 0.0113. The Kier molecular flexibility index (Phi) is 11.1. The van der Waals surface area contributed by atoms with E-state index in [0.717, 1.165) is 0 Å². The first-order valence-corrected chi connectivity index (χ1v) is 13.2. The van der Waals surface area contributed by atoms with E-state index in [2.05, 4.69) is 43.0 Å². The van der Waals surface area contributed by atoms with Crippen LogP contribution in [-0.2, 0) is 9.53 Å². The third-order valence-corrected chi connectivity index (χ3v) is 6.24. The number of halogens is 1. The van der Waals surface area contributed by atoms with Gasteiger partial charge in [-0.05, 0) is 53.5 Å². The lowest BCUT2D eigenvalue weighted by Gasteiger charge is -2.28. The van der Waals surface area contributed by atoms with Gasteiger partial charge < -0.3 is 34.7 Å². The average Bonchev–Trinajstić information content (AvgIpc) is 2.95. The maximum absolute atomic E-state index is 12.4. The van der Waals surface area contributed by atoms with Crippen LogP contribution in [0.25, 0.3) is 0 Å². The molecule has 1 heterocycles. The Bertz CT molecular complexity index is 1450. The summed E-state index contributed by atoms with van der Waals surface area (Å²) in [5.74, 6) is 2.23. The molecule has 1 aliphatic heterocycles. The van der Waals surface area contributed by atoms with E-state index in [1.165, 1.54) is 25.5 Å². The fourth-order valence-electron chi connectivity index (χ4n) is 3.89. The van der Waals surface area contributed by atoms with Gasteiger partial charge in [0.25, 0.3) is 0 Å². The predicted octanol–water partition coefficient (Wildman–Crippen LogP) is 2.89. The number of benzene rings is 2. The lowest BCUT2D eigenvalue weighted by atomic mass is 9.95. The van der Waals surface area contributed by atoms with Gasteiger partial charge in [-0.2, -0.15) is 5.10 Å². The van der Waals surface area contributed by atoms with E-state index in [1.807, 2.05) is 0 Å². The molecular weight excluding hydrogens is 618 g/mol. The molecule has 0 radical (unpaired) electrons. The van der Waals surface area contributed by atoms with Crippen LogP contribution < -0.4 is 30.3 Å². The molecule has 1 aliphatic rings. The summed E-state index contributed by atoms with van der Waals surface area (Å²) in [5, 5.41) is 31.0. The second-order valence-electron chi connectivity index (χ2n) is 8.52. The van der Waals surface area contributed by atoms with Crippen molar-refractivity contribution in [1.29, 1.82) is 0 Å². The summed E-state index contributed by atoms with van der Waals surface area (Å²) in [6.07, 6.45) is 5.17. The van der Waals surface area contributed by atoms with Gasteiger partial charge in [0, 0.05) is 17.3 Å². The number of amides is 2. The normalized spacial score (nSPS) is 15.2. The lowest BCUT2D eigenvalue weighted by Crippen LogP contribution is -2.45. The van der Waals surface area contributed by atoms with Gasteiger partial charge in [0.1, 0.15) is 13.2 Å². The van der Waals surface area contributed by atoms with Crippen molar-refractivity contribution in [1.82, 2.24) is 16.1 Å². The number of urea groups is 1. The highest BCUT2D eigenvalue weighted by molar-refractivity contribution is 9.10. The van der Waals surface area contributed by atoms with Gasteiger partial charge in [0.15, 0.2) is 17.7 Å². The Balaban J connectivity index is 1.71. The van der Waals surface area contributed by atoms with E-state index in [0.29, 0.717) is 27.0 Å². The lowest BCUT2D eigenvalue weighted by molar-refractivity contribution is -0.385. The summed E-state index contributed by atoms with van der Waals surface area (Å²) in [6, 6.07) is 6.34. The number of hydrogen-bond donors (Lipinski definition) is 4. The molecule has 0 aliphatic carbocycles. The first-order chi connectivity index (χ1) is 20.1. The molecule has 0 aromatic heterocycles. The van der Waals surface area contributed by atoms with Gasteiger partial charge in [-0.25, -0.2) is 9.59 Å².